The van der Waals surface area contributed by atoms with Crippen molar-refractivity contribution in [2.45, 2.75) is 19.9 Å². The van der Waals surface area contributed by atoms with Crippen LogP contribution in [0.3, 0.4) is 0 Å². The van der Waals surface area contributed by atoms with Crippen molar-refractivity contribution < 1.29 is 0 Å². The summed E-state index contributed by atoms with van der Waals surface area (Å²) in [4.78, 5) is 34.4. The normalized spacial score (nSPS) is 12.3. The summed E-state index contributed by atoms with van der Waals surface area (Å²) in [6.07, 6.45) is 6.73. The van der Waals surface area contributed by atoms with Crippen molar-refractivity contribution in [1.29, 1.82) is 0 Å². The van der Waals surface area contributed by atoms with Crippen LogP contribution in [0.25, 0.3) is 33.3 Å². The molecule has 0 saturated heterocycles. The molecule has 0 bridgehead atoms. The van der Waals surface area contributed by atoms with Crippen LogP contribution in [0.1, 0.15) is 24.4 Å². The maximum atomic E-state index is 14.1. The van der Waals surface area contributed by atoms with Crippen LogP contribution in [-0.2, 0) is 0 Å². The first-order valence-electron chi connectivity index (χ1n) is 11.3. The van der Waals surface area contributed by atoms with E-state index < -0.39 is 0 Å². The largest absolute Gasteiger partial charge is 0.360 e. The molecule has 2 aromatic carbocycles. The van der Waals surface area contributed by atoms with E-state index in [9.17, 15) is 4.79 Å². The van der Waals surface area contributed by atoms with Crippen LogP contribution in [-0.4, -0.2) is 34.1 Å². The molecule has 172 valence electrons. The molecule has 35 heavy (non-hydrogen) atoms. The topological polar surface area (TPSA) is 106 Å². The minimum absolute atomic E-state index is 0.105. The highest BCUT2D eigenvalue weighted by atomic mass is 16.1. The number of nitrogens with one attached hydrogen (secondary N) is 2. The van der Waals surface area contributed by atoms with Crippen molar-refractivity contribution in [3.63, 3.8) is 0 Å². The molecular weight excluding hydrogens is 440 g/mol. The lowest BCUT2D eigenvalue weighted by Crippen LogP contribution is -2.26. The summed E-state index contributed by atoms with van der Waals surface area (Å²) in [6.45, 7) is 3.93. The van der Waals surface area contributed by atoms with E-state index in [0.29, 0.717) is 22.4 Å². The summed E-state index contributed by atoms with van der Waals surface area (Å²) in [5.41, 5.74) is 4.45. The first-order chi connectivity index (χ1) is 17.1. The van der Waals surface area contributed by atoms with Gasteiger partial charge in [-0.1, -0.05) is 30.3 Å². The van der Waals surface area contributed by atoms with Gasteiger partial charge in [0.25, 0.3) is 5.56 Å². The molecule has 0 amide bonds. The SMILES string of the molecule is Cc1cn(-c2cccc3cc([C@H](C)Nc4ncnc5[nH]cnc45)n(-c4ccccc4)c(=O)c23)cn1. The van der Waals surface area contributed by atoms with E-state index in [1.54, 1.807) is 17.2 Å². The summed E-state index contributed by atoms with van der Waals surface area (Å²) < 4.78 is 3.65. The van der Waals surface area contributed by atoms with Crippen molar-refractivity contribution in [1.82, 2.24) is 34.1 Å². The van der Waals surface area contributed by atoms with Gasteiger partial charge in [-0.25, -0.2) is 19.9 Å². The van der Waals surface area contributed by atoms with E-state index >= 15 is 0 Å². The number of pyridine rings is 1. The summed E-state index contributed by atoms with van der Waals surface area (Å²) in [5, 5.41) is 4.91. The first kappa shape index (κ1) is 20.8. The maximum Gasteiger partial charge on any atom is 0.265 e. The number of para-hydroxylation sites is 1. The lowest BCUT2D eigenvalue weighted by Gasteiger charge is -2.22. The Balaban J connectivity index is 1.57. The number of nitrogens with zero attached hydrogens (tertiary/aromatic N) is 6. The zero-order valence-electron chi connectivity index (χ0n) is 19.2. The van der Waals surface area contributed by atoms with Crippen LogP contribution in [0.15, 0.2) is 84.6 Å². The highest BCUT2D eigenvalue weighted by molar-refractivity contribution is 5.90. The van der Waals surface area contributed by atoms with E-state index in [2.05, 4.69) is 36.3 Å². The predicted molar refractivity (Wildman–Crippen MR) is 135 cm³/mol. The fourth-order valence-corrected chi connectivity index (χ4v) is 4.44. The Labute approximate surface area is 200 Å². The van der Waals surface area contributed by atoms with Crippen molar-refractivity contribution in [2.75, 3.05) is 5.32 Å². The van der Waals surface area contributed by atoms with Crippen molar-refractivity contribution >= 4 is 27.8 Å². The zero-order chi connectivity index (χ0) is 23.9. The Bertz CT molecular complexity index is 1730. The lowest BCUT2D eigenvalue weighted by atomic mass is 10.1. The van der Waals surface area contributed by atoms with E-state index in [1.807, 2.05) is 73.1 Å². The smallest absolute Gasteiger partial charge is 0.265 e. The second-order valence-electron chi connectivity index (χ2n) is 8.40. The highest BCUT2D eigenvalue weighted by Crippen LogP contribution is 2.27. The maximum absolute atomic E-state index is 14.1. The standard InChI is InChI=1S/C26H22N8O/c1-16-12-33(15-31-16)20-10-6-7-18-11-21(34(26(35)22(18)20)19-8-4-3-5-9-19)17(2)32-25-23-24(28-13-27-23)29-14-30-25/h3-15,17H,1-2H3,(H2,27,28,29,30,32)/t17-/m0/s1. The second kappa shape index (κ2) is 8.21. The van der Waals surface area contributed by atoms with Gasteiger partial charge in [0.2, 0.25) is 0 Å². The van der Waals surface area contributed by atoms with Gasteiger partial charge < -0.3 is 14.9 Å². The van der Waals surface area contributed by atoms with Gasteiger partial charge in [-0.3, -0.25) is 9.36 Å². The fraction of sp³-hybridized carbons (Fsp3) is 0.115. The molecule has 6 aromatic rings. The average Bonchev–Trinajstić information content (AvgIpc) is 3.53. The van der Waals surface area contributed by atoms with Gasteiger partial charge in [0.05, 0.1) is 35.5 Å². The molecule has 0 unspecified atom stereocenters. The molecule has 4 heterocycles. The monoisotopic (exact) mass is 462 g/mol. The molecule has 2 N–H and O–H groups in total. The van der Waals surface area contributed by atoms with Gasteiger partial charge in [-0.05, 0) is 43.5 Å². The molecule has 0 spiro atoms. The number of aromatic nitrogens is 7. The van der Waals surface area contributed by atoms with E-state index in [0.717, 1.165) is 28.1 Å². The Morgan fingerprint density at radius 2 is 1.86 bits per heavy atom. The summed E-state index contributed by atoms with van der Waals surface area (Å²) in [6, 6.07) is 17.3. The number of H-pyrrole nitrogens is 1. The van der Waals surface area contributed by atoms with E-state index in [-0.39, 0.29) is 11.6 Å². The molecule has 9 nitrogen and oxygen atoms in total. The van der Waals surface area contributed by atoms with Gasteiger partial charge in [0.15, 0.2) is 11.5 Å². The van der Waals surface area contributed by atoms with Crippen molar-refractivity contribution in [2.24, 2.45) is 0 Å². The van der Waals surface area contributed by atoms with Crippen molar-refractivity contribution in [3.8, 4) is 11.4 Å². The minimum Gasteiger partial charge on any atom is -0.360 e. The molecule has 0 fully saturated rings. The van der Waals surface area contributed by atoms with Gasteiger partial charge in [0, 0.05) is 17.6 Å². The third-order valence-corrected chi connectivity index (χ3v) is 6.07. The number of hydrogen-bond acceptors (Lipinski definition) is 6. The average molecular weight is 463 g/mol. The summed E-state index contributed by atoms with van der Waals surface area (Å²) >= 11 is 0. The molecule has 6 rings (SSSR count). The van der Waals surface area contributed by atoms with Gasteiger partial charge >= 0.3 is 0 Å². The Hall–Kier alpha value is -4.79. The first-order valence-corrected chi connectivity index (χ1v) is 11.3. The molecule has 4 aromatic heterocycles. The molecule has 0 radical (unpaired) electrons. The third kappa shape index (κ3) is 3.54. The minimum atomic E-state index is -0.263. The number of imidazole rings is 2. The van der Waals surface area contributed by atoms with Crippen LogP contribution in [0.5, 0.6) is 0 Å². The number of aryl methyl sites for hydroxylation is 1. The van der Waals surface area contributed by atoms with Crippen LogP contribution in [0.4, 0.5) is 5.82 Å². The van der Waals surface area contributed by atoms with Crippen LogP contribution < -0.4 is 10.9 Å². The molecule has 0 aliphatic heterocycles. The zero-order valence-corrected chi connectivity index (χ0v) is 19.2. The van der Waals surface area contributed by atoms with Crippen molar-refractivity contribution in [3.05, 3.63) is 102 Å². The highest BCUT2D eigenvalue weighted by Gasteiger charge is 2.20. The Morgan fingerprint density at radius 1 is 1.00 bits per heavy atom. The number of aromatic amines is 1. The number of benzene rings is 2. The number of hydrogen-bond donors (Lipinski definition) is 2. The number of rotatable bonds is 5. The molecule has 0 aliphatic rings. The second-order valence-corrected chi connectivity index (χ2v) is 8.40. The predicted octanol–water partition coefficient (Wildman–Crippen LogP) is 4.32. The quantitative estimate of drug-likeness (QED) is 0.395. The number of fused-ring (bicyclic) bond motifs is 2. The van der Waals surface area contributed by atoms with Gasteiger partial charge in [-0.15, -0.1) is 0 Å². The summed E-state index contributed by atoms with van der Waals surface area (Å²) in [5.74, 6) is 0.596. The number of anilines is 1. The van der Waals surface area contributed by atoms with Crippen LogP contribution in [0.2, 0.25) is 0 Å². The van der Waals surface area contributed by atoms with Gasteiger partial charge in [-0.2, -0.15) is 0 Å². The molecule has 1 atom stereocenters. The van der Waals surface area contributed by atoms with Crippen LogP contribution in [0, 0.1) is 6.92 Å². The Morgan fingerprint density at radius 3 is 2.66 bits per heavy atom. The molecule has 0 saturated carbocycles. The molecule has 9 heteroatoms. The molecular formula is C26H22N8O. The molecule has 0 aliphatic carbocycles. The van der Waals surface area contributed by atoms with E-state index in [4.69, 9.17) is 0 Å². The van der Waals surface area contributed by atoms with Gasteiger partial charge in [0.1, 0.15) is 11.8 Å². The summed E-state index contributed by atoms with van der Waals surface area (Å²) in [7, 11) is 0. The lowest BCUT2D eigenvalue weighted by molar-refractivity contribution is 0.773. The fourth-order valence-electron chi connectivity index (χ4n) is 4.44. The van der Waals surface area contributed by atoms with Crippen LogP contribution >= 0.6 is 0 Å². The Kier molecular flexibility index (Phi) is 4.88. The third-order valence-electron chi connectivity index (χ3n) is 6.07. The van der Waals surface area contributed by atoms with E-state index in [1.165, 1.54) is 6.33 Å².